The number of alkyl halides is 6. The Hall–Kier alpha value is -2.18. The minimum atomic E-state index is -4.89. The molecule has 1 atom stereocenters. The first kappa shape index (κ1) is 19.9. The number of carbonyl (C=O) groups is 1. The lowest BCUT2D eigenvalue weighted by molar-refractivity contribution is -0.388. The van der Waals surface area contributed by atoms with Gasteiger partial charge in [-0.1, -0.05) is 0 Å². The molecule has 1 rings (SSSR count). The molecule has 0 saturated heterocycles. The Morgan fingerprint density at radius 3 is 2.25 bits per heavy atom. The van der Waals surface area contributed by atoms with Crippen LogP contribution in [0.5, 0.6) is 0 Å². The molecule has 0 bridgehead atoms. The van der Waals surface area contributed by atoms with Crippen molar-refractivity contribution in [2.45, 2.75) is 17.2 Å². The molecule has 13 heteroatoms. The number of halogens is 6. The van der Waals surface area contributed by atoms with Crippen molar-refractivity contribution in [2.24, 2.45) is 0 Å². The molecular formula is C11H7F6NO5S. The summed E-state index contributed by atoms with van der Waals surface area (Å²) in [5.41, 5.74) is -2.55. The predicted octanol–water partition coefficient (Wildman–Crippen LogP) is 2.83. The van der Waals surface area contributed by atoms with Crippen LogP contribution in [-0.2, 0) is 26.5 Å². The average Bonchev–Trinajstić information content (AvgIpc) is 2.42. The summed E-state index contributed by atoms with van der Waals surface area (Å²) in [6.07, 6.45) is -9.71. The Balaban J connectivity index is 2.98. The molecule has 6 nitrogen and oxygen atoms in total. The van der Waals surface area contributed by atoms with Crippen LogP contribution in [0.2, 0.25) is 0 Å². The molecule has 0 aliphatic heterocycles. The highest BCUT2D eigenvalue weighted by molar-refractivity contribution is 7.85. The van der Waals surface area contributed by atoms with E-state index in [4.69, 9.17) is 0 Å². The van der Waals surface area contributed by atoms with Gasteiger partial charge in [-0.3, -0.25) is 19.1 Å². The summed E-state index contributed by atoms with van der Waals surface area (Å²) in [6.45, 7) is -1.95. The second-order valence-corrected chi connectivity index (χ2v) is 5.62. The standard InChI is InChI=1S/C11H7F6NO5S/c12-10(13,14)5-23-9(19)4-24(22)8-2-1-6(11(15,16)17)3-7(8)18(20)21/h1-3H,4-5H2. The minimum Gasteiger partial charge on any atom is -0.455 e. The first-order valence-electron chi connectivity index (χ1n) is 5.77. The Bertz CT molecular complexity index is 672. The van der Waals surface area contributed by atoms with Crippen LogP contribution in [0.25, 0.3) is 0 Å². The SMILES string of the molecule is O=C(CS(=O)c1ccc(C(F)(F)F)cc1[N+](=O)[O-])OCC(F)(F)F. The van der Waals surface area contributed by atoms with E-state index in [9.17, 15) is 45.5 Å². The molecule has 0 saturated carbocycles. The van der Waals surface area contributed by atoms with Gasteiger partial charge in [0.2, 0.25) is 0 Å². The van der Waals surface area contributed by atoms with Crippen molar-refractivity contribution in [1.82, 2.24) is 0 Å². The molecule has 0 aliphatic carbocycles. The molecule has 0 heterocycles. The number of hydrogen-bond donors (Lipinski definition) is 0. The molecule has 0 amide bonds. The van der Waals surface area contributed by atoms with E-state index in [0.717, 1.165) is 0 Å². The van der Waals surface area contributed by atoms with Gasteiger partial charge in [0, 0.05) is 6.07 Å². The lowest BCUT2D eigenvalue weighted by Gasteiger charge is -2.09. The molecular weight excluding hydrogens is 372 g/mol. The Kier molecular flexibility index (Phi) is 5.92. The van der Waals surface area contributed by atoms with Crippen LogP contribution in [-0.4, -0.2) is 33.6 Å². The number of nitro benzene ring substituents is 1. The van der Waals surface area contributed by atoms with Gasteiger partial charge < -0.3 is 4.74 Å². The zero-order valence-electron chi connectivity index (χ0n) is 11.3. The molecule has 24 heavy (non-hydrogen) atoms. The van der Waals surface area contributed by atoms with Crippen molar-refractivity contribution in [3.8, 4) is 0 Å². The fourth-order valence-corrected chi connectivity index (χ4v) is 2.46. The lowest BCUT2D eigenvalue weighted by atomic mass is 10.2. The van der Waals surface area contributed by atoms with E-state index in [0.29, 0.717) is 12.1 Å². The van der Waals surface area contributed by atoms with E-state index in [-0.39, 0.29) is 6.07 Å². The van der Waals surface area contributed by atoms with Crippen molar-refractivity contribution in [3.05, 3.63) is 33.9 Å². The van der Waals surface area contributed by atoms with Gasteiger partial charge in [-0.25, -0.2) is 0 Å². The van der Waals surface area contributed by atoms with Gasteiger partial charge >= 0.3 is 18.3 Å². The number of nitro groups is 1. The smallest absolute Gasteiger partial charge is 0.422 e. The van der Waals surface area contributed by atoms with Crippen LogP contribution in [0.4, 0.5) is 32.0 Å². The quantitative estimate of drug-likeness (QED) is 0.340. The Morgan fingerprint density at radius 2 is 1.79 bits per heavy atom. The zero-order chi connectivity index (χ0) is 18.7. The molecule has 1 aromatic carbocycles. The summed E-state index contributed by atoms with van der Waals surface area (Å²) in [5, 5.41) is 10.8. The number of esters is 1. The Morgan fingerprint density at radius 1 is 1.21 bits per heavy atom. The maximum absolute atomic E-state index is 12.5. The second-order valence-electron chi connectivity index (χ2n) is 4.20. The molecule has 0 N–H and O–H groups in total. The molecule has 1 unspecified atom stereocenters. The summed E-state index contributed by atoms with van der Waals surface area (Å²) in [7, 11) is -2.56. The van der Waals surface area contributed by atoms with Gasteiger partial charge in [-0.15, -0.1) is 0 Å². The highest BCUT2D eigenvalue weighted by Gasteiger charge is 2.34. The topological polar surface area (TPSA) is 86.5 Å². The fourth-order valence-electron chi connectivity index (χ4n) is 1.42. The molecule has 134 valence electrons. The van der Waals surface area contributed by atoms with Gasteiger partial charge in [0.25, 0.3) is 5.69 Å². The molecule has 0 spiro atoms. The van der Waals surface area contributed by atoms with E-state index in [1.807, 2.05) is 0 Å². The first-order chi connectivity index (χ1) is 10.8. The molecule has 1 aromatic rings. The lowest BCUT2D eigenvalue weighted by Crippen LogP contribution is -2.23. The third-order valence-corrected chi connectivity index (χ3v) is 3.71. The van der Waals surface area contributed by atoms with Crippen molar-refractivity contribution >= 4 is 22.5 Å². The maximum Gasteiger partial charge on any atom is 0.422 e. The van der Waals surface area contributed by atoms with Gasteiger partial charge in [0.15, 0.2) is 6.61 Å². The van der Waals surface area contributed by atoms with Crippen LogP contribution in [0.15, 0.2) is 23.1 Å². The number of carbonyl (C=O) groups excluding carboxylic acids is 1. The average molecular weight is 379 g/mol. The first-order valence-corrected chi connectivity index (χ1v) is 7.09. The third kappa shape index (κ3) is 5.79. The van der Waals surface area contributed by atoms with Crippen molar-refractivity contribution in [2.75, 3.05) is 12.4 Å². The normalized spacial score (nSPS) is 13.4. The van der Waals surface area contributed by atoms with Gasteiger partial charge in [-0.2, -0.15) is 26.3 Å². The number of rotatable bonds is 5. The molecule has 0 aromatic heterocycles. The largest absolute Gasteiger partial charge is 0.455 e. The second kappa shape index (κ2) is 7.15. The summed E-state index contributed by atoms with van der Waals surface area (Å²) >= 11 is 0. The van der Waals surface area contributed by atoms with Gasteiger partial charge in [0.1, 0.15) is 10.6 Å². The minimum absolute atomic E-state index is 0.119. The zero-order valence-corrected chi connectivity index (χ0v) is 12.1. The highest BCUT2D eigenvalue weighted by Crippen LogP contribution is 2.34. The van der Waals surface area contributed by atoms with E-state index in [1.54, 1.807) is 0 Å². The Labute approximate surface area is 132 Å². The number of hydrogen-bond acceptors (Lipinski definition) is 5. The fraction of sp³-hybridized carbons (Fsp3) is 0.364. The summed E-state index contributed by atoms with van der Waals surface area (Å²) in [4.78, 5) is 19.9. The van der Waals surface area contributed by atoms with E-state index >= 15 is 0 Å². The summed E-state index contributed by atoms with van der Waals surface area (Å²) < 4.78 is 88.7. The van der Waals surface area contributed by atoms with E-state index in [2.05, 4.69) is 4.74 Å². The predicted molar refractivity (Wildman–Crippen MR) is 66.4 cm³/mol. The molecule has 0 fully saturated rings. The van der Waals surface area contributed by atoms with Crippen molar-refractivity contribution in [3.63, 3.8) is 0 Å². The van der Waals surface area contributed by atoms with E-state index < -0.39 is 62.6 Å². The van der Waals surface area contributed by atoms with Gasteiger partial charge in [-0.05, 0) is 12.1 Å². The monoisotopic (exact) mass is 379 g/mol. The van der Waals surface area contributed by atoms with Crippen LogP contribution in [0.1, 0.15) is 5.56 Å². The van der Waals surface area contributed by atoms with Crippen molar-refractivity contribution < 1.29 is 45.0 Å². The molecule has 0 radical (unpaired) electrons. The highest BCUT2D eigenvalue weighted by atomic mass is 32.2. The number of ether oxygens (including phenoxy) is 1. The van der Waals surface area contributed by atoms with Crippen molar-refractivity contribution in [1.29, 1.82) is 0 Å². The number of benzene rings is 1. The molecule has 0 aliphatic rings. The summed E-state index contributed by atoms with van der Waals surface area (Å²) in [5.74, 6) is -2.75. The maximum atomic E-state index is 12.5. The van der Waals surface area contributed by atoms with Crippen LogP contribution < -0.4 is 0 Å². The third-order valence-electron chi connectivity index (χ3n) is 2.37. The van der Waals surface area contributed by atoms with Crippen LogP contribution >= 0.6 is 0 Å². The van der Waals surface area contributed by atoms with Crippen LogP contribution in [0.3, 0.4) is 0 Å². The van der Waals surface area contributed by atoms with Crippen LogP contribution in [0, 0.1) is 10.1 Å². The van der Waals surface area contributed by atoms with Gasteiger partial charge in [0.05, 0.1) is 21.3 Å². The summed E-state index contributed by atoms with van der Waals surface area (Å²) in [6, 6.07) is 1.05. The van der Waals surface area contributed by atoms with E-state index in [1.165, 1.54) is 0 Å². The number of nitrogens with zero attached hydrogens (tertiary/aromatic N) is 1.